The molecular formula is C11H14N2O2. The third-order valence-corrected chi connectivity index (χ3v) is 2.20. The van der Waals surface area contributed by atoms with Crippen molar-refractivity contribution in [3.8, 4) is 6.07 Å². The van der Waals surface area contributed by atoms with Crippen LogP contribution in [0.5, 0.6) is 0 Å². The molecule has 0 spiro atoms. The molecule has 0 radical (unpaired) electrons. The van der Waals surface area contributed by atoms with Crippen molar-refractivity contribution in [2.45, 2.75) is 18.6 Å². The second-order valence-corrected chi connectivity index (χ2v) is 3.41. The minimum absolute atomic E-state index is 0.288. The predicted octanol–water partition coefficient (Wildman–Crippen LogP) is 0.301. The molecule has 80 valence electrons. The molecule has 2 atom stereocenters. The van der Waals surface area contributed by atoms with Crippen molar-refractivity contribution in [3.05, 3.63) is 35.4 Å². The van der Waals surface area contributed by atoms with Gasteiger partial charge in [-0.25, -0.2) is 0 Å². The summed E-state index contributed by atoms with van der Waals surface area (Å²) in [6, 6.07) is 8.57. The molecule has 0 bridgehead atoms. The van der Waals surface area contributed by atoms with Gasteiger partial charge in [0.2, 0.25) is 0 Å². The summed E-state index contributed by atoms with van der Waals surface area (Å²) in [6.45, 7) is -0.288. The van der Waals surface area contributed by atoms with Crippen LogP contribution in [0, 0.1) is 11.3 Å². The Kier molecular flexibility index (Phi) is 4.25. The largest absolute Gasteiger partial charge is 0.394 e. The van der Waals surface area contributed by atoms with E-state index < -0.39 is 6.10 Å². The van der Waals surface area contributed by atoms with E-state index in [2.05, 4.69) is 0 Å². The maximum atomic E-state index is 9.21. The quantitative estimate of drug-likeness (QED) is 0.661. The summed E-state index contributed by atoms with van der Waals surface area (Å²) in [5, 5.41) is 26.5. The fraction of sp³-hybridized carbons (Fsp3) is 0.364. The summed E-state index contributed by atoms with van der Waals surface area (Å²) in [5.41, 5.74) is 7.24. The van der Waals surface area contributed by atoms with Crippen LogP contribution in [-0.2, 0) is 0 Å². The number of nitrogens with two attached hydrogens (primary N) is 1. The fourth-order valence-corrected chi connectivity index (χ4v) is 1.31. The Labute approximate surface area is 88.6 Å². The monoisotopic (exact) mass is 206 g/mol. The number of hydrogen-bond acceptors (Lipinski definition) is 4. The fourth-order valence-electron chi connectivity index (χ4n) is 1.31. The molecule has 0 aromatic heterocycles. The van der Waals surface area contributed by atoms with E-state index >= 15 is 0 Å². The van der Waals surface area contributed by atoms with Crippen molar-refractivity contribution in [1.29, 1.82) is 5.26 Å². The zero-order chi connectivity index (χ0) is 11.3. The lowest BCUT2D eigenvalue weighted by Gasteiger charge is -2.14. The van der Waals surface area contributed by atoms with Gasteiger partial charge in [-0.1, -0.05) is 12.1 Å². The Morgan fingerprint density at radius 3 is 2.40 bits per heavy atom. The number of hydrogen-bond donors (Lipinski definition) is 3. The molecule has 1 rings (SSSR count). The van der Waals surface area contributed by atoms with Gasteiger partial charge in [-0.15, -0.1) is 0 Å². The minimum atomic E-state index is -0.796. The molecule has 0 aliphatic carbocycles. The zero-order valence-electron chi connectivity index (χ0n) is 8.30. The van der Waals surface area contributed by atoms with Gasteiger partial charge in [0.25, 0.3) is 0 Å². The van der Waals surface area contributed by atoms with Crippen LogP contribution in [0.15, 0.2) is 24.3 Å². The predicted molar refractivity (Wildman–Crippen MR) is 55.8 cm³/mol. The van der Waals surface area contributed by atoms with E-state index in [0.29, 0.717) is 12.0 Å². The molecule has 2 unspecified atom stereocenters. The van der Waals surface area contributed by atoms with Gasteiger partial charge in [0.05, 0.1) is 24.3 Å². The smallest absolute Gasteiger partial charge is 0.0991 e. The van der Waals surface area contributed by atoms with Crippen LogP contribution >= 0.6 is 0 Å². The summed E-state index contributed by atoms with van der Waals surface area (Å²) >= 11 is 0. The van der Waals surface area contributed by atoms with Gasteiger partial charge in [0, 0.05) is 6.04 Å². The second kappa shape index (κ2) is 5.47. The van der Waals surface area contributed by atoms with E-state index in [0.717, 1.165) is 5.56 Å². The Morgan fingerprint density at radius 1 is 1.33 bits per heavy atom. The molecule has 15 heavy (non-hydrogen) atoms. The molecule has 4 N–H and O–H groups in total. The number of rotatable bonds is 4. The molecule has 1 aromatic carbocycles. The average Bonchev–Trinajstić information content (AvgIpc) is 2.29. The van der Waals surface area contributed by atoms with Gasteiger partial charge in [0.15, 0.2) is 0 Å². The molecule has 0 aliphatic rings. The molecule has 0 heterocycles. The van der Waals surface area contributed by atoms with Crippen LogP contribution in [0.4, 0.5) is 0 Å². The first kappa shape index (κ1) is 11.7. The van der Waals surface area contributed by atoms with Crippen LogP contribution in [0.3, 0.4) is 0 Å². The van der Waals surface area contributed by atoms with E-state index in [1.807, 2.05) is 6.07 Å². The highest BCUT2D eigenvalue weighted by atomic mass is 16.3. The van der Waals surface area contributed by atoms with Crippen LogP contribution in [0.1, 0.15) is 23.6 Å². The van der Waals surface area contributed by atoms with E-state index in [-0.39, 0.29) is 12.6 Å². The number of aliphatic hydroxyl groups is 2. The van der Waals surface area contributed by atoms with Gasteiger partial charge in [-0.3, -0.25) is 0 Å². The number of nitrogens with zero attached hydrogens (tertiary/aromatic N) is 1. The van der Waals surface area contributed by atoms with Crippen molar-refractivity contribution in [1.82, 2.24) is 0 Å². The van der Waals surface area contributed by atoms with Crippen molar-refractivity contribution < 1.29 is 10.2 Å². The van der Waals surface area contributed by atoms with E-state index in [9.17, 15) is 5.11 Å². The van der Waals surface area contributed by atoms with Crippen molar-refractivity contribution in [2.75, 3.05) is 6.61 Å². The summed E-state index contributed by atoms with van der Waals surface area (Å²) in [5.74, 6) is 0. The topological polar surface area (TPSA) is 90.3 Å². The number of nitriles is 1. The lowest BCUT2D eigenvalue weighted by molar-refractivity contribution is 0.0826. The Bertz CT molecular complexity index is 343. The molecule has 4 nitrogen and oxygen atoms in total. The first-order valence-electron chi connectivity index (χ1n) is 4.72. The van der Waals surface area contributed by atoms with E-state index in [4.69, 9.17) is 16.1 Å². The minimum Gasteiger partial charge on any atom is -0.394 e. The zero-order valence-corrected chi connectivity index (χ0v) is 8.30. The molecule has 0 amide bonds. The highest BCUT2D eigenvalue weighted by Gasteiger charge is 2.11. The number of aliphatic hydroxyl groups excluding tert-OH is 2. The van der Waals surface area contributed by atoms with E-state index in [1.165, 1.54) is 0 Å². The average molecular weight is 206 g/mol. The summed E-state index contributed by atoms with van der Waals surface area (Å²) in [6.07, 6.45) is -0.488. The van der Waals surface area contributed by atoms with Gasteiger partial charge in [0.1, 0.15) is 0 Å². The lowest BCUT2D eigenvalue weighted by Crippen LogP contribution is -2.21. The normalized spacial score (nSPS) is 14.3. The van der Waals surface area contributed by atoms with Gasteiger partial charge >= 0.3 is 0 Å². The maximum Gasteiger partial charge on any atom is 0.0991 e. The molecule has 4 heteroatoms. The Morgan fingerprint density at radius 2 is 1.93 bits per heavy atom. The third-order valence-electron chi connectivity index (χ3n) is 2.20. The first-order valence-corrected chi connectivity index (χ1v) is 4.72. The van der Waals surface area contributed by atoms with Crippen LogP contribution in [0.25, 0.3) is 0 Å². The second-order valence-electron chi connectivity index (χ2n) is 3.41. The summed E-state index contributed by atoms with van der Waals surface area (Å²) < 4.78 is 0. The van der Waals surface area contributed by atoms with Crippen molar-refractivity contribution >= 4 is 0 Å². The summed E-state index contributed by atoms with van der Waals surface area (Å²) in [4.78, 5) is 0. The molecule has 0 aliphatic heterocycles. The molecule has 0 saturated carbocycles. The van der Waals surface area contributed by atoms with Crippen LogP contribution in [-0.4, -0.2) is 22.9 Å². The maximum absolute atomic E-state index is 9.21. The molecule has 0 saturated heterocycles. The number of benzene rings is 1. The van der Waals surface area contributed by atoms with Crippen LogP contribution < -0.4 is 5.73 Å². The van der Waals surface area contributed by atoms with Gasteiger partial charge in [-0.05, 0) is 24.1 Å². The highest BCUT2D eigenvalue weighted by Crippen LogP contribution is 2.16. The van der Waals surface area contributed by atoms with Crippen molar-refractivity contribution in [3.63, 3.8) is 0 Å². The molecular weight excluding hydrogens is 192 g/mol. The standard InChI is InChI=1S/C11H14N2O2/c12-6-8-1-3-9(4-2-8)11(13)5-10(15)7-14/h1-4,10-11,14-15H,5,7,13H2. The molecule has 1 aromatic rings. The van der Waals surface area contributed by atoms with Gasteiger partial charge in [-0.2, -0.15) is 5.26 Å². The Hall–Kier alpha value is -1.41. The summed E-state index contributed by atoms with van der Waals surface area (Å²) in [7, 11) is 0. The van der Waals surface area contributed by atoms with Gasteiger partial charge < -0.3 is 15.9 Å². The van der Waals surface area contributed by atoms with E-state index in [1.54, 1.807) is 24.3 Å². The SMILES string of the molecule is N#Cc1ccc(C(N)CC(O)CO)cc1. The first-order chi connectivity index (χ1) is 7.17. The lowest BCUT2D eigenvalue weighted by atomic mass is 10.0. The third kappa shape index (κ3) is 3.33. The highest BCUT2D eigenvalue weighted by molar-refractivity contribution is 5.32. The van der Waals surface area contributed by atoms with Crippen molar-refractivity contribution in [2.24, 2.45) is 5.73 Å². The molecule has 0 fully saturated rings. The van der Waals surface area contributed by atoms with Crippen LogP contribution in [0.2, 0.25) is 0 Å². The Balaban J connectivity index is 2.66.